The van der Waals surface area contributed by atoms with Crippen LogP contribution in [0.25, 0.3) is 0 Å². The third-order valence-electron chi connectivity index (χ3n) is 4.68. The van der Waals surface area contributed by atoms with Crippen LogP contribution in [0.3, 0.4) is 0 Å². The molecule has 2 rings (SSSR count). The molecule has 0 saturated heterocycles. The van der Waals surface area contributed by atoms with Crippen molar-refractivity contribution in [2.45, 2.75) is 27.7 Å². The van der Waals surface area contributed by atoms with Crippen molar-refractivity contribution in [2.75, 3.05) is 6.54 Å². The number of hydrogen-bond acceptors (Lipinski definition) is 3. The smallest absolute Gasteiger partial charge is 0.269 e. The Kier molecular flexibility index (Phi) is 2.80. The number of amides is 1. The third-order valence-corrected chi connectivity index (χ3v) is 4.68. The van der Waals surface area contributed by atoms with E-state index in [1.807, 2.05) is 0 Å². The molecule has 0 aromatic carbocycles. The Hall–Kier alpha value is -1.65. The second-order valence-electron chi connectivity index (χ2n) is 6.02. The fourth-order valence-electron chi connectivity index (χ4n) is 2.63. The first-order chi connectivity index (χ1) is 8.26. The van der Waals surface area contributed by atoms with Crippen LogP contribution in [0.4, 0.5) is 0 Å². The summed E-state index contributed by atoms with van der Waals surface area (Å²) in [7, 11) is 0. The normalized spacial score (nSPS) is 20.4. The Balaban J connectivity index is 1.97. The summed E-state index contributed by atoms with van der Waals surface area (Å²) in [4.78, 5) is 29.0. The molecule has 98 valence electrons. The number of carbonyl (C=O) groups excluding carboxylic acids is 1. The number of rotatable bonds is 3. The largest absolute Gasteiger partial charge is 0.350 e. The second-order valence-corrected chi connectivity index (χ2v) is 6.02. The number of carbonyl (C=O) groups is 1. The molecule has 1 fully saturated rings. The number of aromatic nitrogens is 2. The summed E-state index contributed by atoms with van der Waals surface area (Å²) in [6.07, 6.45) is 2.50. The molecule has 1 aromatic rings. The molecule has 18 heavy (non-hydrogen) atoms. The first-order valence-corrected chi connectivity index (χ1v) is 6.09. The maximum atomic E-state index is 11.8. The summed E-state index contributed by atoms with van der Waals surface area (Å²) in [5, 5.41) is 2.85. The van der Waals surface area contributed by atoms with Gasteiger partial charge in [-0.15, -0.1) is 0 Å². The van der Waals surface area contributed by atoms with Crippen LogP contribution < -0.4 is 10.9 Å². The molecule has 0 bridgehead atoms. The zero-order chi connectivity index (χ0) is 13.6. The van der Waals surface area contributed by atoms with Crippen LogP contribution in [0, 0.1) is 16.7 Å². The van der Waals surface area contributed by atoms with E-state index in [-0.39, 0.29) is 28.0 Å². The number of nitrogens with one attached hydrogen (secondary N) is 2. The van der Waals surface area contributed by atoms with Crippen molar-refractivity contribution in [3.05, 3.63) is 28.4 Å². The fourth-order valence-corrected chi connectivity index (χ4v) is 2.63. The van der Waals surface area contributed by atoms with Gasteiger partial charge in [0.25, 0.3) is 11.5 Å². The van der Waals surface area contributed by atoms with Crippen molar-refractivity contribution < 1.29 is 4.79 Å². The minimum atomic E-state index is -0.366. The van der Waals surface area contributed by atoms with Crippen molar-refractivity contribution in [1.29, 1.82) is 0 Å². The molecule has 1 aromatic heterocycles. The second kappa shape index (κ2) is 3.93. The van der Waals surface area contributed by atoms with Crippen molar-refractivity contribution in [2.24, 2.45) is 16.7 Å². The molecule has 1 heterocycles. The first-order valence-electron chi connectivity index (χ1n) is 6.09. The van der Waals surface area contributed by atoms with Crippen LogP contribution in [0.2, 0.25) is 0 Å². The maximum absolute atomic E-state index is 11.8. The van der Waals surface area contributed by atoms with Crippen LogP contribution in [-0.4, -0.2) is 22.4 Å². The molecule has 1 saturated carbocycles. The summed E-state index contributed by atoms with van der Waals surface area (Å²) in [5.41, 5.74) is 0.319. The van der Waals surface area contributed by atoms with Gasteiger partial charge in [-0.1, -0.05) is 27.7 Å². The molecule has 5 heteroatoms. The Morgan fingerprint density at radius 2 is 1.94 bits per heavy atom. The Morgan fingerprint density at radius 1 is 1.33 bits per heavy atom. The van der Waals surface area contributed by atoms with E-state index in [9.17, 15) is 9.59 Å². The van der Waals surface area contributed by atoms with Crippen LogP contribution in [0.15, 0.2) is 17.2 Å². The molecule has 1 aliphatic rings. The highest BCUT2D eigenvalue weighted by atomic mass is 16.2. The van der Waals surface area contributed by atoms with Gasteiger partial charge in [0.05, 0.1) is 12.4 Å². The van der Waals surface area contributed by atoms with Gasteiger partial charge in [-0.25, -0.2) is 0 Å². The highest BCUT2D eigenvalue weighted by Crippen LogP contribution is 2.67. The number of nitrogens with zero attached hydrogens (tertiary/aromatic N) is 1. The molecule has 5 nitrogen and oxygen atoms in total. The Bertz CT molecular complexity index is 517. The minimum absolute atomic E-state index is 0.207. The zero-order valence-electron chi connectivity index (χ0n) is 11.2. The van der Waals surface area contributed by atoms with Gasteiger partial charge in [0.15, 0.2) is 0 Å². The summed E-state index contributed by atoms with van der Waals surface area (Å²) < 4.78 is 0. The molecule has 1 amide bonds. The average Bonchev–Trinajstić information content (AvgIpc) is 2.66. The maximum Gasteiger partial charge on any atom is 0.269 e. The molecule has 0 atom stereocenters. The van der Waals surface area contributed by atoms with Gasteiger partial charge < -0.3 is 10.3 Å². The molecule has 1 aliphatic carbocycles. The monoisotopic (exact) mass is 249 g/mol. The van der Waals surface area contributed by atoms with Gasteiger partial charge in [-0.3, -0.25) is 14.6 Å². The summed E-state index contributed by atoms with van der Waals surface area (Å²) >= 11 is 0. The van der Waals surface area contributed by atoms with E-state index in [1.165, 1.54) is 6.20 Å². The molecule has 0 aliphatic heterocycles. The Labute approximate surface area is 106 Å². The summed E-state index contributed by atoms with van der Waals surface area (Å²) in [6, 6.07) is 0. The number of H-pyrrole nitrogens is 1. The minimum Gasteiger partial charge on any atom is -0.350 e. The van der Waals surface area contributed by atoms with E-state index in [4.69, 9.17) is 0 Å². The topological polar surface area (TPSA) is 74.8 Å². The van der Waals surface area contributed by atoms with E-state index in [1.54, 1.807) is 0 Å². The lowest BCUT2D eigenvalue weighted by atomic mass is 10.0. The standard InChI is InChI=1S/C13H19N3O2/c1-12(2)9(13(12,3)4)6-15-11(18)8-5-14-7-10(17)16-8/h5,7,9H,6H2,1-4H3,(H,15,18)(H,16,17). The van der Waals surface area contributed by atoms with E-state index in [0.29, 0.717) is 12.5 Å². The summed E-state index contributed by atoms with van der Waals surface area (Å²) in [6.45, 7) is 9.44. The van der Waals surface area contributed by atoms with Crippen LogP contribution in [-0.2, 0) is 0 Å². The van der Waals surface area contributed by atoms with Gasteiger partial charge in [-0.05, 0) is 16.7 Å². The molecule has 0 spiro atoms. The van der Waals surface area contributed by atoms with E-state index >= 15 is 0 Å². The zero-order valence-corrected chi connectivity index (χ0v) is 11.2. The van der Waals surface area contributed by atoms with Gasteiger partial charge in [0, 0.05) is 6.54 Å². The average molecular weight is 249 g/mol. The van der Waals surface area contributed by atoms with E-state index < -0.39 is 0 Å². The quantitative estimate of drug-likeness (QED) is 0.844. The Morgan fingerprint density at radius 3 is 2.44 bits per heavy atom. The van der Waals surface area contributed by atoms with E-state index in [2.05, 4.69) is 43.0 Å². The molecule has 0 unspecified atom stereocenters. The number of aromatic amines is 1. The van der Waals surface area contributed by atoms with Gasteiger partial charge in [0.1, 0.15) is 5.69 Å². The molecular formula is C13H19N3O2. The van der Waals surface area contributed by atoms with Crippen LogP contribution in [0.1, 0.15) is 38.2 Å². The van der Waals surface area contributed by atoms with Crippen molar-refractivity contribution in [3.63, 3.8) is 0 Å². The van der Waals surface area contributed by atoms with Crippen molar-refractivity contribution in [3.8, 4) is 0 Å². The van der Waals surface area contributed by atoms with Crippen LogP contribution in [0.5, 0.6) is 0 Å². The van der Waals surface area contributed by atoms with Gasteiger partial charge in [0.2, 0.25) is 0 Å². The highest BCUT2D eigenvalue weighted by molar-refractivity contribution is 5.91. The fraction of sp³-hybridized carbons (Fsp3) is 0.615. The van der Waals surface area contributed by atoms with Crippen molar-refractivity contribution in [1.82, 2.24) is 15.3 Å². The van der Waals surface area contributed by atoms with Crippen LogP contribution >= 0.6 is 0 Å². The molecule has 2 N–H and O–H groups in total. The predicted octanol–water partition coefficient (Wildman–Crippen LogP) is 1.18. The highest BCUT2D eigenvalue weighted by Gasteiger charge is 2.64. The van der Waals surface area contributed by atoms with Gasteiger partial charge >= 0.3 is 0 Å². The molecular weight excluding hydrogens is 230 g/mol. The summed E-state index contributed by atoms with van der Waals surface area (Å²) in [5.74, 6) is 0.177. The van der Waals surface area contributed by atoms with Crippen molar-refractivity contribution >= 4 is 5.91 Å². The molecule has 0 radical (unpaired) electrons. The number of hydrogen-bond donors (Lipinski definition) is 2. The lowest BCUT2D eigenvalue weighted by molar-refractivity contribution is 0.0944. The lowest BCUT2D eigenvalue weighted by Gasteiger charge is -2.05. The lowest BCUT2D eigenvalue weighted by Crippen LogP contribution is -2.29. The SMILES string of the molecule is CC1(C)C(CNC(=O)c2cncc(=O)[nH]2)C1(C)C. The van der Waals surface area contributed by atoms with Gasteiger partial charge in [-0.2, -0.15) is 0 Å². The predicted molar refractivity (Wildman–Crippen MR) is 68.2 cm³/mol. The first kappa shape index (κ1) is 12.8. The third kappa shape index (κ3) is 1.94. The van der Waals surface area contributed by atoms with E-state index in [0.717, 1.165) is 6.20 Å².